The van der Waals surface area contributed by atoms with Gasteiger partial charge in [-0.05, 0) is 75.1 Å². The van der Waals surface area contributed by atoms with E-state index >= 15 is 0 Å². The molecule has 0 radical (unpaired) electrons. The number of carbonyl (C=O) groups excluding carboxylic acids is 4. The van der Waals surface area contributed by atoms with Gasteiger partial charge in [-0.3, -0.25) is 19.2 Å². The highest BCUT2D eigenvalue weighted by atomic mass is 16.6. The van der Waals surface area contributed by atoms with E-state index in [2.05, 4.69) is 10.6 Å². The van der Waals surface area contributed by atoms with Crippen LogP contribution in [0.1, 0.15) is 59.7 Å². The Bertz CT molecular complexity index is 1040. The highest BCUT2D eigenvalue weighted by molar-refractivity contribution is 6.06. The molecular weight excluding hydrogens is 396 g/mol. The van der Waals surface area contributed by atoms with Crippen LogP contribution < -0.4 is 10.6 Å². The number of rotatable bonds is 5. The summed E-state index contributed by atoms with van der Waals surface area (Å²) in [6.45, 7) is 1.48. The van der Waals surface area contributed by atoms with Crippen molar-refractivity contribution in [1.29, 1.82) is 0 Å². The number of hydrogen-bond acceptors (Lipinski definition) is 5. The van der Waals surface area contributed by atoms with E-state index in [0.29, 0.717) is 35.3 Å². The van der Waals surface area contributed by atoms with Gasteiger partial charge in [0.15, 0.2) is 5.78 Å². The minimum Gasteiger partial charge on any atom is -0.458 e. The molecule has 0 unspecified atom stereocenters. The van der Waals surface area contributed by atoms with Gasteiger partial charge in [0.05, 0.1) is 12.3 Å². The van der Waals surface area contributed by atoms with Gasteiger partial charge in [0.2, 0.25) is 5.91 Å². The molecule has 0 aromatic heterocycles. The molecule has 160 valence electrons. The fourth-order valence-electron chi connectivity index (χ4n) is 4.41. The molecule has 7 heteroatoms. The first-order chi connectivity index (χ1) is 14.9. The second-order valence-electron chi connectivity index (χ2n) is 8.16. The van der Waals surface area contributed by atoms with Gasteiger partial charge >= 0.3 is 5.97 Å². The van der Waals surface area contributed by atoms with Gasteiger partial charge in [0.1, 0.15) is 5.60 Å². The molecule has 1 spiro atoms. The molecule has 1 aliphatic heterocycles. The van der Waals surface area contributed by atoms with Gasteiger partial charge in [-0.15, -0.1) is 0 Å². The number of hydrogen-bond donors (Lipinski definition) is 2. The van der Waals surface area contributed by atoms with Gasteiger partial charge in [-0.25, -0.2) is 0 Å². The summed E-state index contributed by atoms with van der Waals surface area (Å²) in [5, 5.41) is 5.62. The van der Waals surface area contributed by atoms with Crippen molar-refractivity contribution in [3.63, 3.8) is 0 Å². The van der Waals surface area contributed by atoms with Crippen molar-refractivity contribution in [3.05, 3.63) is 59.7 Å². The third-order valence-electron chi connectivity index (χ3n) is 6.03. The number of benzene rings is 2. The smallest absolute Gasteiger partial charge is 0.307 e. The Morgan fingerprint density at radius 2 is 1.65 bits per heavy atom. The summed E-state index contributed by atoms with van der Waals surface area (Å²) in [6.07, 6.45) is 3.39. The molecule has 1 atom stereocenters. The maximum Gasteiger partial charge on any atom is 0.307 e. The lowest BCUT2D eigenvalue weighted by molar-refractivity contribution is -0.149. The van der Waals surface area contributed by atoms with Crippen LogP contribution in [0.5, 0.6) is 0 Å². The Hall–Kier alpha value is -3.48. The Labute approximate surface area is 180 Å². The second-order valence-corrected chi connectivity index (χ2v) is 8.16. The molecule has 2 aliphatic rings. The topological polar surface area (TPSA) is 102 Å². The Morgan fingerprint density at radius 1 is 0.935 bits per heavy atom. The quantitative estimate of drug-likeness (QED) is 0.563. The molecule has 0 bridgehead atoms. The summed E-state index contributed by atoms with van der Waals surface area (Å²) >= 11 is 0. The number of amides is 2. The summed E-state index contributed by atoms with van der Waals surface area (Å²) in [4.78, 5) is 48.8. The van der Waals surface area contributed by atoms with Crippen LogP contribution in [0, 0.1) is 5.92 Å². The molecule has 2 aromatic carbocycles. The van der Waals surface area contributed by atoms with Crippen molar-refractivity contribution >= 4 is 34.9 Å². The van der Waals surface area contributed by atoms with E-state index in [1.54, 1.807) is 48.5 Å². The van der Waals surface area contributed by atoms with E-state index in [0.717, 1.165) is 12.8 Å². The molecule has 2 N–H and O–H groups in total. The Balaban J connectivity index is 1.44. The lowest BCUT2D eigenvalue weighted by atomic mass is 9.85. The van der Waals surface area contributed by atoms with E-state index in [1.165, 1.54) is 6.92 Å². The average molecular weight is 420 g/mol. The fraction of sp³-hybridized carbons (Fsp3) is 0.333. The molecular formula is C24H24N2O5. The maximum atomic E-state index is 12.9. The molecule has 1 aliphatic carbocycles. The molecule has 2 amide bonds. The van der Waals surface area contributed by atoms with Crippen LogP contribution in [-0.4, -0.2) is 29.2 Å². The number of carbonyl (C=O) groups is 4. The fourth-order valence-corrected chi connectivity index (χ4v) is 4.41. The van der Waals surface area contributed by atoms with Crippen LogP contribution in [0.25, 0.3) is 0 Å². The summed E-state index contributed by atoms with van der Waals surface area (Å²) in [6, 6.07) is 13.3. The first-order valence-corrected chi connectivity index (χ1v) is 10.4. The number of ether oxygens (including phenoxy) is 1. The van der Waals surface area contributed by atoms with Gasteiger partial charge in [-0.2, -0.15) is 0 Å². The molecule has 2 fully saturated rings. The van der Waals surface area contributed by atoms with E-state index < -0.39 is 11.5 Å². The van der Waals surface area contributed by atoms with Crippen molar-refractivity contribution in [2.45, 2.75) is 44.6 Å². The second kappa shape index (κ2) is 8.34. The zero-order valence-electron chi connectivity index (χ0n) is 17.3. The van der Waals surface area contributed by atoms with Crippen LogP contribution in [-0.2, 0) is 14.3 Å². The molecule has 7 nitrogen and oxygen atoms in total. The summed E-state index contributed by atoms with van der Waals surface area (Å²) in [7, 11) is 0. The minimum atomic E-state index is -0.678. The number of Topliss-reactive ketones (excluding diaryl/α,β-unsaturated/α-hetero) is 1. The molecule has 1 heterocycles. The van der Waals surface area contributed by atoms with E-state index in [1.807, 2.05) is 0 Å². The van der Waals surface area contributed by atoms with Gasteiger partial charge in [0.25, 0.3) is 5.91 Å². The van der Waals surface area contributed by atoms with Gasteiger partial charge in [0, 0.05) is 22.5 Å². The van der Waals surface area contributed by atoms with E-state index in [9.17, 15) is 19.2 Å². The van der Waals surface area contributed by atoms with Crippen molar-refractivity contribution in [2.75, 3.05) is 10.6 Å². The number of anilines is 2. The number of esters is 1. The minimum absolute atomic E-state index is 0.0462. The third-order valence-corrected chi connectivity index (χ3v) is 6.03. The predicted octanol–water partition coefficient (Wildman–Crippen LogP) is 3.96. The van der Waals surface area contributed by atoms with Gasteiger partial charge in [-0.1, -0.05) is 6.07 Å². The zero-order valence-corrected chi connectivity index (χ0v) is 17.3. The van der Waals surface area contributed by atoms with Crippen LogP contribution >= 0.6 is 0 Å². The molecule has 2 aromatic rings. The van der Waals surface area contributed by atoms with Crippen LogP contribution in [0.3, 0.4) is 0 Å². The highest BCUT2D eigenvalue weighted by Gasteiger charge is 2.53. The zero-order chi connectivity index (χ0) is 22.0. The molecule has 1 saturated heterocycles. The average Bonchev–Trinajstić information content (AvgIpc) is 3.34. The lowest BCUT2D eigenvalue weighted by Gasteiger charge is -2.27. The van der Waals surface area contributed by atoms with Gasteiger partial charge < -0.3 is 15.4 Å². The predicted molar refractivity (Wildman–Crippen MR) is 115 cm³/mol. The number of nitrogens with one attached hydrogen (secondary N) is 2. The Kier molecular flexibility index (Phi) is 5.59. The van der Waals surface area contributed by atoms with E-state index in [4.69, 9.17) is 4.74 Å². The van der Waals surface area contributed by atoms with E-state index in [-0.39, 0.29) is 30.0 Å². The van der Waals surface area contributed by atoms with Crippen molar-refractivity contribution in [3.8, 4) is 0 Å². The molecule has 31 heavy (non-hydrogen) atoms. The first kappa shape index (κ1) is 20.8. The van der Waals surface area contributed by atoms with Crippen molar-refractivity contribution in [2.24, 2.45) is 5.92 Å². The lowest BCUT2D eigenvalue weighted by Crippen LogP contribution is -2.39. The standard InChI is InChI=1S/C24H24N2O5/c1-15(27)16-7-9-18(10-8-16)25-22(29)17-5-4-6-19(13-17)26-23(30)20-14-21(28)31-24(20)11-2-3-12-24/h4-10,13,20H,2-3,11-12,14H2,1H3,(H,25,29)(H,26,30)/t20-/m1/s1. The summed E-state index contributed by atoms with van der Waals surface area (Å²) in [5.41, 5.74) is 1.31. The molecule has 4 rings (SSSR count). The molecule has 1 saturated carbocycles. The summed E-state index contributed by atoms with van der Waals surface area (Å²) < 4.78 is 5.55. The largest absolute Gasteiger partial charge is 0.458 e. The normalized spacial score (nSPS) is 19.1. The third kappa shape index (κ3) is 4.35. The van der Waals surface area contributed by atoms with Crippen molar-refractivity contribution in [1.82, 2.24) is 0 Å². The van der Waals surface area contributed by atoms with Crippen LogP contribution in [0.4, 0.5) is 11.4 Å². The maximum absolute atomic E-state index is 12.9. The van der Waals surface area contributed by atoms with Crippen molar-refractivity contribution < 1.29 is 23.9 Å². The van der Waals surface area contributed by atoms with Crippen LogP contribution in [0.2, 0.25) is 0 Å². The number of ketones is 1. The monoisotopic (exact) mass is 420 g/mol. The highest BCUT2D eigenvalue weighted by Crippen LogP contribution is 2.45. The summed E-state index contributed by atoms with van der Waals surface area (Å²) in [5.74, 6) is -1.48. The Morgan fingerprint density at radius 3 is 2.32 bits per heavy atom. The van der Waals surface area contributed by atoms with Crippen LogP contribution in [0.15, 0.2) is 48.5 Å². The first-order valence-electron chi connectivity index (χ1n) is 10.4. The SMILES string of the molecule is CC(=O)c1ccc(NC(=O)c2cccc(NC(=O)[C@H]3CC(=O)OC34CCCC4)c2)cc1.